The standard InChI is InChI=1S/C27H32N4O2/c1-19(2)33-23-13-11-22(12-14-23)18-31-15-7-10-25(31)26-24(17-28-20(3)30-26)27(32)29-16-21-8-5-4-6-9-21/h4-6,8-9,11-14,17,19,25H,7,10,15-16,18H2,1-3H3,(H,29,32). The zero-order valence-corrected chi connectivity index (χ0v) is 19.6. The second-order valence-electron chi connectivity index (χ2n) is 8.82. The quantitative estimate of drug-likeness (QED) is 0.539. The Balaban J connectivity index is 1.50. The van der Waals surface area contributed by atoms with Crippen LogP contribution in [-0.4, -0.2) is 33.4 Å². The van der Waals surface area contributed by atoms with Crippen LogP contribution in [0.3, 0.4) is 0 Å². The van der Waals surface area contributed by atoms with E-state index in [1.54, 1.807) is 6.20 Å². The van der Waals surface area contributed by atoms with Crippen LogP contribution in [0.5, 0.6) is 5.75 Å². The maximum atomic E-state index is 13.1. The van der Waals surface area contributed by atoms with Crippen molar-refractivity contribution < 1.29 is 9.53 Å². The number of nitrogens with one attached hydrogen (secondary N) is 1. The minimum atomic E-state index is -0.129. The Morgan fingerprint density at radius 3 is 2.61 bits per heavy atom. The van der Waals surface area contributed by atoms with Crippen molar-refractivity contribution in [2.45, 2.75) is 58.8 Å². The summed E-state index contributed by atoms with van der Waals surface area (Å²) in [5.74, 6) is 1.44. The topological polar surface area (TPSA) is 67.4 Å². The summed E-state index contributed by atoms with van der Waals surface area (Å²) in [6.45, 7) is 8.19. The molecule has 1 atom stereocenters. The number of benzene rings is 2. The fourth-order valence-corrected chi connectivity index (χ4v) is 4.30. The van der Waals surface area contributed by atoms with Crippen molar-refractivity contribution in [1.29, 1.82) is 0 Å². The molecule has 172 valence electrons. The molecular weight excluding hydrogens is 412 g/mol. The lowest BCUT2D eigenvalue weighted by Crippen LogP contribution is -2.29. The molecule has 0 saturated carbocycles. The summed E-state index contributed by atoms with van der Waals surface area (Å²) < 4.78 is 5.76. The minimum Gasteiger partial charge on any atom is -0.491 e. The molecule has 1 aliphatic rings. The number of ether oxygens (including phenoxy) is 1. The number of nitrogens with zero attached hydrogens (tertiary/aromatic N) is 3. The number of hydrogen-bond acceptors (Lipinski definition) is 5. The summed E-state index contributed by atoms with van der Waals surface area (Å²) in [6.07, 6.45) is 3.88. The Bertz CT molecular complexity index is 1070. The van der Waals surface area contributed by atoms with E-state index in [-0.39, 0.29) is 18.1 Å². The van der Waals surface area contributed by atoms with Gasteiger partial charge in [0.05, 0.1) is 23.4 Å². The molecule has 1 unspecified atom stereocenters. The van der Waals surface area contributed by atoms with Crippen molar-refractivity contribution in [3.05, 3.63) is 89.0 Å². The zero-order valence-electron chi connectivity index (χ0n) is 19.6. The number of aromatic nitrogens is 2. The van der Waals surface area contributed by atoms with Gasteiger partial charge in [0.1, 0.15) is 11.6 Å². The second kappa shape index (κ2) is 10.6. The van der Waals surface area contributed by atoms with Crippen LogP contribution in [0.25, 0.3) is 0 Å². The van der Waals surface area contributed by atoms with E-state index in [0.29, 0.717) is 17.9 Å². The number of carbonyl (C=O) groups excluding carboxylic acids is 1. The maximum Gasteiger partial charge on any atom is 0.255 e. The van der Waals surface area contributed by atoms with Crippen LogP contribution in [0.15, 0.2) is 60.8 Å². The molecule has 0 radical (unpaired) electrons. The van der Waals surface area contributed by atoms with Gasteiger partial charge < -0.3 is 10.1 Å². The van der Waals surface area contributed by atoms with Gasteiger partial charge in [-0.2, -0.15) is 0 Å². The van der Waals surface area contributed by atoms with Crippen LogP contribution < -0.4 is 10.1 Å². The van der Waals surface area contributed by atoms with Gasteiger partial charge in [0, 0.05) is 19.3 Å². The fraction of sp³-hybridized carbons (Fsp3) is 0.370. The molecule has 33 heavy (non-hydrogen) atoms. The molecule has 3 aromatic rings. The van der Waals surface area contributed by atoms with E-state index in [0.717, 1.165) is 42.9 Å². The van der Waals surface area contributed by atoms with E-state index in [1.807, 2.05) is 63.2 Å². The number of aryl methyl sites for hydroxylation is 1. The van der Waals surface area contributed by atoms with E-state index >= 15 is 0 Å². The molecule has 0 spiro atoms. The van der Waals surface area contributed by atoms with Crippen LogP contribution in [0.4, 0.5) is 0 Å². The number of carbonyl (C=O) groups is 1. The first-order valence-corrected chi connectivity index (χ1v) is 11.6. The van der Waals surface area contributed by atoms with E-state index in [4.69, 9.17) is 9.72 Å². The van der Waals surface area contributed by atoms with Crippen molar-refractivity contribution in [2.24, 2.45) is 0 Å². The van der Waals surface area contributed by atoms with Crippen molar-refractivity contribution in [1.82, 2.24) is 20.2 Å². The Morgan fingerprint density at radius 1 is 1.12 bits per heavy atom. The fourth-order valence-electron chi connectivity index (χ4n) is 4.30. The van der Waals surface area contributed by atoms with Gasteiger partial charge in [-0.15, -0.1) is 0 Å². The molecule has 2 aromatic carbocycles. The molecule has 1 aromatic heterocycles. The average Bonchev–Trinajstić information content (AvgIpc) is 3.27. The molecule has 2 heterocycles. The molecule has 1 fully saturated rings. The molecule has 1 N–H and O–H groups in total. The molecule has 1 saturated heterocycles. The number of hydrogen-bond donors (Lipinski definition) is 1. The lowest BCUT2D eigenvalue weighted by atomic mass is 10.0. The third kappa shape index (κ3) is 5.96. The van der Waals surface area contributed by atoms with Crippen LogP contribution in [-0.2, 0) is 13.1 Å². The first kappa shape index (κ1) is 22.9. The highest BCUT2D eigenvalue weighted by atomic mass is 16.5. The Morgan fingerprint density at radius 2 is 1.88 bits per heavy atom. The lowest BCUT2D eigenvalue weighted by Gasteiger charge is -2.26. The van der Waals surface area contributed by atoms with Gasteiger partial charge in [-0.1, -0.05) is 42.5 Å². The van der Waals surface area contributed by atoms with Crippen LogP contribution in [0, 0.1) is 6.92 Å². The SMILES string of the molecule is Cc1ncc(C(=O)NCc2ccccc2)c(C2CCCN2Cc2ccc(OC(C)C)cc2)n1. The minimum absolute atomic E-state index is 0.0933. The monoisotopic (exact) mass is 444 g/mol. The zero-order chi connectivity index (χ0) is 23.2. The predicted molar refractivity (Wildman–Crippen MR) is 129 cm³/mol. The normalized spacial score (nSPS) is 16.2. The average molecular weight is 445 g/mol. The van der Waals surface area contributed by atoms with Crippen molar-refractivity contribution in [2.75, 3.05) is 6.54 Å². The summed E-state index contributed by atoms with van der Waals surface area (Å²) in [6, 6.07) is 18.3. The van der Waals surface area contributed by atoms with Gasteiger partial charge in [0.25, 0.3) is 5.91 Å². The van der Waals surface area contributed by atoms with Crippen molar-refractivity contribution in [3.8, 4) is 5.75 Å². The van der Waals surface area contributed by atoms with Gasteiger partial charge in [0.2, 0.25) is 0 Å². The molecule has 6 nitrogen and oxygen atoms in total. The summed E-state index contributed by atoms with van der Waals surface area (Å²) in [4.78, 5) is 24.5. The Labute approximate surface area is 196 Å². The summed E-state index contributed by atoms with van der Waals surface area (Å²) in [5, 5.41) is 3.03. The van der Waals surface area contributed by atoms with Crippen molar-refractivity contribution >= 4 is 5.91 Å². The van der Waals surface area contributed by atoms with Crippen LogP contribution >= 0.6 is 0 Å². The highest BCUT2D eigenvalue weighted by Gasteiger charge is 2.31. The summed E-state index contributed by atoms with van der Waals surface area (Å²) >= 11 is 0. The molecule has 1 amide bonds. The molecule has 0 bridgehead atoms. The van der Waals surface area contributed by atoms with Gasteiger partial charge >= 0.3 is 0 Å². The molecule has 0 aliphatic carbocycles. The third-order valence-corrected chi connectivity index (χ3v) is 5.84. The largest absolute Gasteiger partial charge is 0.491 e. The lowest BCUT2D eigenvalue weighted by molar-refractivity contribution is 0.0946. The first-order chi connectivity index (χ1) is 16.0. The summed E-state index contributed by atoms with van der Waals surface area (Å²) in [5.41, 5.74) is 3.67. The molecule has 1 aliphatic heterocycles. The number of likely N-dealkylation sites (tertiary alicyclic amines) is 1. The van der Waals surface area contributed by atoms with Crippen LogP contribution in [0.2, 0.25) is 0 Å². The van der Waals surface area contributed by atoms with E-state index in [2.05, 4.69) is 27.3 Å². The van der Waals surface area contributed by atoms with Gasteiger partial charge in [0.15, 0.2) is 0 Å². The molecular formula is C27H32N4O2. The molecule has 6 heteroatoms. The van der Waals surface area contributed by atoms with Gasteiger partial charge in [-0.3, -0.25) is 9.69 Å². The highest BCUT2D eigenvalue weighted by molar-refractivity contribution is 5.95. The highest BCUT2D eigenvalue weighted by Crippen LogP contribution is 2.34. The van der Waals surface area contributed by atoms with Crippen LogP contribution in [0.1, 0.15) is 65.7 Å². The third-order valence-electron chi connectivity index (χ3n) is 5.84. The number of amides is 1. The first-order valence-electron chi connectivity index (χ1n) is 11.6. The second-order valence-corrected chi connectivity index (χ2v) is 8.82. The van der Waals surface area contributed by atoms with E-state index in [9.17, 15) is 4.79 Å². The predicted octanol–water partition coefficient (Wildman–Crippen LogP) is 4.84. The molecule has 4 rings (SSSR count). The smallest absolute Gasteiger partial charge is 0.255 e. The van der Waals surface area contributed by atoms with Crippen molar-refractivity contribution in [3.63, 3.8) is 0 Å². The van der Waals surface area contributed by atoms with Gasteiger partial charge in [-0.05, 0) is 63.4 Å². The van der Waals surface area contributed by atoms with E-state index in [1.165, 1.54) is 5.56 Å². The Kier molecular flexibility index (Phi) is 7.35. The van der Waals surface area contributed by atoms with Gasteiger partial charge in [-0.25, -0.2) is 9.97 Å². The Hall–Kier alpha value is -3.25. The van der Waals surface area contributed by atoms with E-state index < -0.39 is 0 Å². The summed E-state index contributed by atoms with van der Waals surface area (Å²) in [7, 11) is 0. The number of rotatable bonds is 8. The maximum absolute atomic E-state index is 13.1.